The molecule has 0 spiro atoms. The molecule has 1 aliphatic rings. The molecule has 0 unspecified atom stereocenters. The third-order valence-electron chi connectivity index (χ3n) is 13.2. The van der Waals surface area contributed by atoms with Gasteiger partial charge in [0.15, 0.2) is 17.5 Å². The van der Waals surface area contributed by atoms with Crippen molar-refractivity contribution in [2.75, 3.05) is 0 Å². The second-order valence-corrected chi connectivity index (χ2v) is 16.7. The Morgan fingerprint density at radius 1 is 0.297 bits per heavy atom. The van der Waals surface area contributed by atoms with Crippen LogP contribution in [0.1, 0.15) is 22.3 Å². The van der Waals surface area contributed by atoms with Crippen molar-refractivity contribution < 1.29 is 4.42 Å². The van der Waals surface area contributed by atoms with Gasteiger partial charge in [0.25, 0.3) is 0 Å². The van der Waals surface area contributed by atoms with Crippen molar-refractivity contribution in [2.24, 2.45) is 0 Å². The Labute approximate surface area is 369 Å². The molecule has 2 aromatic heterocycles. The van der Waals surface area contributed by atoms with E-state index in [1.54, 1.807) is 0 Å². The lowest BCUT2D eigenvalue weighted by atomic mass is 9.67. The summed E-state index contributed by atoms with van der Waals surface area (Å²) in [5, 5.41) is 6.79. The summed E-state index contributed by atoms with van der Waals surface area (Å²) in [5.74, 6) is 1.83. The molecule has 0 atom stereocenters. The van der Waals surface area contributed by atoms with Gasteiger partial charge in [0.2, 0.25) is 0 Å². The fourth-order valence-corrected chi connectivity index (χ4v) is 10.1. The van der Waals surface area contributed by atoms with Crippen molar-refractivity contribution in [3.63, 3.8) is 0 Å². The summed E-state index contributed by atoms with van der Waals surface area (Å²) in [6.45, 7) is 0. The number of fused-ring (bicyclic) bond motifs is 8. The number of rotatable bonds is 6. The summed E-state index contributed by atoms with van der Waals surface area (Å²) in [7, 11) is 0. The first-order valence-electron chi connectivity index (χ1n) is 21.7. The fraction of sp³-hybridized carbons (Fsp3) is 0.0167. The van der Waals surface area contributed by atoms with E-state index in [2.05, 4.69) is 224 Å². The molecule has 2 heterocycles. The maximum Gasteiger partial charge on any atom is 0.164 e. The van der Waals surface area contributed by atoms with Gasteiger partial charge in [-0.1, -0.05) is 188 Å². The van der Waals surface area contributed by atoms with E-state index in [0.717, 1.165) is 55.1 Å². The van der Waals surface area contributed by atoms with E-state index in [0.29, 0.717) is 17.5 Å². The Morgan fingerprint density at radius 3 is 1.47 bits per heavy atom. The number of hydrogen-bond donors (Lipinski definition) is 0. The zero-order valence-corrected chi connectivity index (χ0v) is 34.6. The van der Waals surface area contributed by atoms with Crippen LogP contribution in [0.25, 0.3) is 99.9 Å². The SMILES string of the molecule is c1ccc(C2(c3ccc4c(c3)oc3ccc(-c5nc(-c6ccc(-c7ccc8ccccc8c7)cc6)nc(-c6ccc7ccccc7c6)n5)cc34)c3ccccc3-c3ccccc32)cc1. The molecule has 0 fully saturated rings. The molecular formula is C60H37N3O. The van der Waals surface area contributed by atoms with Crippen LogP contribution in [0.3, 0.4) is 0 Å². The van der Waals surface area contributed by atoms with E-state index in [9.17, 15) is 0 Å². The van der Waals surface area contributed by atoms with Gasteiger partial charge < -0.3 is 4.42 Å². The predicted molar refractivity (Wildman–Crippen MR) is 261 cm³/mol. The van der Waals surface area contributed by atoms with Crippen LogP contribution in [-0.4, -0.2) is 15.0 Å². The number of aromatic nitrogens is 3. The number of furan rings is 1. The average Bonchev–Trinajstić information content (AvgIpc) is 3.89. The number of nitrogens with zero attached hydrogens (tertiary/aromatic N) is 3. The topological polar surface area (TPSA) is 51.8 Å². The first-order valence-corrected chi connectivity index (χ1v) is 21.7. The highest BCUT2D eigenvalue weighted by molar-refractivity contribution is 6.07. The molecule has 64 heavy (non-hydrogen) atoms. The normalized spacial score (nSPS) is 12.8. The van der Waals surface area contributed by atoms with Gasteiger partial charge in [-0.3, -0.25) is 0 Å². The van der Waals surface area contributed by atoms with E-state index in [4.69, 9.17) is 19.4 Å². The van der Waals surface area contributed by atoms with Crippen molar-refractivity contribution in [1.29, 1.82) is 0 Å². The van der Waals surface area contributed by atoms with E-state index in [-0.39, 0.29) is 0 Å². The molecule has 4 heteroatoms. The standard InChI is InChI=1S/C60H37N3O/c1-2-16-47(17-3-1)60(53-20-10-8-18-49(53)50-19-9-11-21-54(50)60)48-31-32-51-52-36-46(30-33-55(52)64-56(51)37-48)59-62-57(61-58(63-59)45-29-25-39-13-5-7-15-43(39)35-45)41-26-22-40(23-27-41)44-28-24-38-12-4-6-14-42(38)34-44/h1-37H. The molecule has 0 saturated carbocycles. The summed E-state index contributed by atoms with van der Waals surface area (Å²) in [6, 6.07) is 80.0. The van der Waals surface area contributed by atoms with E-state index in [1.807, 2.05) is 0 Å². The lowest BCUT2D eigenvalue weighted by Gasteiger charge is -2.33. The Bertz CT molecular complexity index is 3750. The second-order valence-electron chi connectivity index (χ2n) is 16.7. The zero-order valence-electron chi connectivity index (χ0n) is 34.6. The molecule has 13 rings (SSSR count). The van der Waals surface area contributed by atoms with Gasteiger partial charge in [0, 0.05) is 27.5 Å². The fourth-order valence-electron chi connectivity index (χ4n) is 10.1. The first kappa shape index (κ1) is 36.2. The summed E-state index contributed by atoms with van der Waals surface area (Å²) in [5.41, 5.74) is 13.6. The van der Waals surface area contributed by atoms with Gasteiger partial charge in [0.1, 0.15) is 11.2 Å². The van der Waals surface area contributed by atoms with Crippen LogP contribution in [0.4, 0.5) is 0 Å². The molecule has 0 bridgehead atoms. The lowest BCUT2D eigenvalue weighted by Crippen LogP contribution is -2.28. The molecule has 298 valence electrons. The minimum absolute atomic E-state index is 0.513. The Hall–Kier alpha value is -8.47. The summed E-state index contributed by atoms with van der Waals surface area (Å²) < 4.78 is 6.75. The zero-order chi connectivity index (χ0) is 42.2. The van der Waals surface area contributed by atoms with Crippen LogP contribution < -0.4 is 0 Å². The largest absolute Gasteiger partial charge is 0.456 e. The van der Waals surface area contributed by atoms with Gasteiger partial charge in [-0.25, -0.2) is 15.0 Å². The molecule has 0 amide bonds. The Morgan fingerprint density at radius 2 is 0.797 bits per heavy atom. The summed E-state index contributed by atoms with van der Waals surface area (Å²) in [6.07, 6.45) is 0. The van der Waals surface area contributed by atoms with Crippen LogP contribution in [-0.2, 0) is 5.41 Å². The van der Waals surface area contributed by atoms with E-state index in [1.165, 1.54) is 49.5 Å². The second kappa shape index (κ2) is 14.3. The lowest BCUT2D eigenvalue weighted by molar-refractivity contribution is 0.665. The van der Waals surface area contributed by atoms with Gasteiger partial charge in [-0.2, -0.15) is 0 Å². The van der Waals surface area contributed by atoms with E-state index < -0.39 is 5.41 Å². The molecule has 0 N–H and O–H groups in total. The third-order valence-corrected chi connectivity index (χ3v) is 13.2. The van der Waals surface area contributed by atoms with Crippen molar-refractivity contribution in [1.82, 2.24) is 15.0 Å². The molecule has 0 aliphatic heterocycles. The van der Waals surface area contributed by atoms with Gasteiger partial charge in [0.05, 0.1) is 5.41 Å². The molecule has 10 aromatic carbocycles. The quantitative estimate of drug-likeness (QED) is 0.168. The van der Waals surface area contributed by atoms with E-state index >= 15 is 0 Å². The highest BCUT2D eigenvalue weighted by Crippen LogP contribution is 2.56. The van der Waals surface area contributed by atoms with Crippen LogP contribution in [0.5, 0.6) is 0 Å². The minimum Gasteiger partial charge on any atom is -0.456 e. The summed E-state index contributed by atoms with van der Waals surface area (Å²) >= 11 is 0. The molecule has 0 saturated heterocycles. The van der Waals surface area contributed by atoms with Crippen molar-refractivity contribution in [3.05, 3.63) is 247 Å². The van der Waals surface area contributed by atoms with Crippen molar-refractivity contribution >= 4 is 43.5 Å². The third kappa shape index (κ3) is 5.66. The Balaban J connectivity index is 0.943. The van der Waals surface area contributed by atoms with Crippen molar-refractivity contribution in [3.8, 4) is 56.4 Å². The van der Waals surface area contributed by atoms with Crippen LogP contribution in [0.2, 0.25) is 0 Å². The number of hydrogen-bond acceptors (Lipinski definition) is 4. The first-order chi connectivity index (χ1) is 31.7. The number of benzene rings is 10. The van der Waals surface area contributed by atoms with Crippen LogP contribution in [0, 0.1) is 0 Å². The maximum absolute atomic E-state index is 6.75. The Kier molecular flexibility index (Phi) is 8.09. The highest BCUT2D eigenvalue weighted by atomic mass is 16.3. The monoisotopic (exact) mass is 815 g/mol. The minimum atomic E-state index is -0.513. The maximum atomic E-state index is 6.75. The van der Waals surface area contributed by atoms with Crippen LogP contribution >= 0.6 is 0 Å². The highest BCUT2D eigenvalue weighted by Gasteiger charge is 2.46. The molecule has 0 radical (unpaired) electrons. The predicted octanol–water partition coefficient (Wildman–Crippen LogP) is 15.1. The molecule has 1 aliphatic carbocycles. The molecule has 4 nitrogen and oxygen atoms in total. The van der Waals surface area contributed by atoms with Crippen LogP contribution in [0.15, 0.2) is 229 Å². The molecule has 12 aromatic rings. The van der Waals surface area contributed by atoms with Gasteiger partial charge >= 0.3 is 0 Å². The van der Waals surface area contributed by atoms with Gasteiger partial charge in [-0.15, -0.1) is 0 Å². The van der Waals surface area contributed by atoms with Crippen molar-refractivity contribution in [2.45, 2.75) is 5.41 Å². The summed E-state index contributed by atoms with van der Waals surface area (Å²) in [4.78, 5) is 15.5. The molecular weight excluding hydrogens is 779 g/mol. The smallest absolute Gasteiger partial charge is 0.164 e. The average molecular weight is 816 g/mol. The van der Waals surface area contributed by atoms with Gasteiger partial charge in [-0.05, 0) is 102 Å².